The van der Waals surface area contributed by atoms with Crippen molar-refractivity contribution < 1.29 is 32.2 Å². The average Bonchev–Trinajstić information content (AvgIpc) is 2.83. The second kappa shape index (κ2) is 6.78. The number of hydrogen-bond acceptors (Lipinski definition) is 4. The molecule has 24 heavy (non-hydrogen) atoms. The summed E-state index contributed by atoms with van der Waals surface area (Å²) in [6.45, 7) is 6.13. The van der Waals surface area contributed by atoms with Crippen molar-refractivity contribution >= 4 is 6.09 Å². The maximum Gasteiger partial charge on any atom is 0.573 e. The van der Waals surface area contributed by atoms with Crippen molar-refractivity contribution in [1.29, 1.82) is 0 Å². The van der Waals surface area contributed by atoms with Crippen molar-refractivity contribution in [3.8, 4) is 11.5 Å². The predicted octanol–water partition coefficient (Wildman–Crippen LogP) is 3.97. The summed E-state index contributed by atoms with van der Waals surface area (Å²) < 4.78 is 51.5. The summed E-state index contributed by atoms with van der Waals surface area (Å²) in [5, 5.41) is 0. The fraction of sp³-hybridized carbons (Fsp3) is 0.562. The van der Waals surface area contributed by atoms with Crippen LogP contribution in [0.4, 0.5) is 18.0 Å². The van der Waals surface area contributed by atoms with E-state index in [-0.39, 0.29) is 17.6 Å². The number of benzene rings is 1. The highest BCUT2D eigenvalue weighted by Crippen LogP contribution is 2.27. The van der Waals surface area contributed by atoms with Crippen LogP contribution < -0.4 is 9.47 Å². The fourth-order valence-electron chi connectivity index (χ4n) is 2.25. The minimum atomic E-state index is -4.75. The molecule has 0 N–H and O–H groups in total. The third-order valence-electron chi connectivity index (χ3n) is 3.14. The number of nitrogens with zero attached hydrogens (tertiary/aromatic N) is 1. The van der Waals surface area contributed by atoms with Crippen LogP contribution in [0.25, 0.3) is 0 Å². The van der Waals surface area contributed by atoms with E-state index in [1.807, 2.05) is 0 Å². The zero-order valence-corrected chi connectivity index (χ0v) is 13.7. The van der Waals surface area contributed by atoms with Gasteiger partial charge in [-0.15, -0.1) is 13.2 Å². The summed E-state index contributed by atoms with van der Waals surface area (Å²) in [6, 6.07) is 5.32. The molecule has 1 atom stereocenters. The van der Waals surface area contributed by atoms with E-state index < -0.39 is 18.1 Å². The van der Waals surface area contributed by atoms with Gasteiger partial charge in [0.05, 0.1) is 6.54 Å². The molecule has 8 heteroatoms. The van der Waals surface area contributed by atoms with Gasteiger partial charge in [-0.1, -0.05) is 6.07 Å². The standard InChI is InChI=1S/C16H20F3NO4/c1-15(2,3)24-14(21)20-8-7-13(10-20)22-11-5-4-6-12(9-11)23-16(17,18)19/h4-6,9,13H,7-8,10H2,1-3H3/t13-/m0/s1. The molecule has 0 radical (unpaired) electrons. The maximum atomic E-state index is 12.2. The Morgan fingerprint density at radius 3 is 2.50 bits per heavy atom. The number of hydrogen-bond donors (Lipinski definition) is 0. The Hall–Kier alpha value is -2.12. The summed E-state index contributed by atoms with van der Waals surface area (Å²) in [5.41, 5.74) is -0.584. The second-order valence-electron chi connectivity index (χ2n) is 6.48. The third-order valence-corrected chi connectivity index (χ3v) is 3.14. The molecule has 1 amide bonds. The summed E-state index contributed by atoms with van der Waals surface area (Å²) in [4.78, 5) is 13.5. The van der Waals surface area contributed by atoms with E-state index in [9.17, 15) is 18.0 Å². The zero-order chi connectivity index (χ0) is 18.0. The quantitative estimate of drug-likeness (QED) is 0.830. The molecule has 1 aliphatic rings. The zero-order valence-electron chi connectivity index (χ0n) is 13.7. The highest BCUT2D eigenvalue weighted by atomic mass is 19.4. The van der Waals surface area contributed by atoms with Crippen molar-refractivity contribution in [2.24, 2.45) is 0 Å². The molecule has 0 aliphatic carbocycles. The molecule has 0 spiro atoms. The van der Waals surface area contributed by atoms with Crippen LogP contribution in [0.2, 0.25) is 0 Å². The molecular formula is C16H20F3NO4. The number of carbonyl (C=O) groups is 1. The summed E-state index contributed by atoms with van der Waals surface area (Å²) in [7, 11) is 0. The first-order valence-corrected chi connectivity index (χ1v) is 7.52. The highest BCUT2D eigenvalue weighted by molar-refractivity contribution is 5.68. The van der Waals surface area contributed by atoms with Gasteiger partial charge < -0.3 is 19.1 Å². The Balaban J connectivity index is 1.91. The number of carbonyl (C=O) groups excluding carboxylic acids is 1. The highest BCUT2D eigenvalue weighted by Gasteiger charge is 2.32. The minimum absolute atomic E-state index is 0.257. The van der Waals surface area contributed by atoms with Crippen LogP contribution in [-0.2, 0) is 4.74 Å². The van der Waals surface area contributed by atoms with Gasteiger partial charge in [0.2, 0.25) is 0 Å². The minimum Gasteiger partial charge on any atom is -0.488 e. The SMILES string of the molecule is CC(C)(C)OC(=O)N1CC[C@H](Oc2cccc(OC(F)(F)F)c2)C1. The van der Waals surface area contributed by atoms with Crippen LogP contribution in [-0.4, -0.2) is 42.2 Å². The molecule has 134 valence electrons. The maximum absolute atomic E-state index is 12.2. The number of amides is 1. The molecule has 1 aliphatic heterocycles. The van der Waals surface area contributed by atoms with Crippen LogP contribution in [0.5, 0.6) is 11.5 Å². The first kappa shape index (κ1) is 18.2. The number of likely N-dealkylation sites (tertiary alicyclic amines) is 1. The Labute approximate surface area is 138 Å². The Bertz CT molecular complexity index is 583. The molecule has 2 rings (SSSR count). The van der Waals surface area contributed by atoms with Crippen LogP contribution in [0.1, 0.15) is 27.2 Å². The lowest BCUT2D eigenvalue weighted by Gasteiger charge is -2.24. The molecule has 1 saturated heterocycles. The number of rotatable bonds is 3. The van der Waals surface area contributed by atoms with Gasteiger partial charge in [0.1, 0.15) is 23.2 Å². The van der Waals surface area contributed by atoms with Crippen LogP contribution in [0.15, 0.2) is 24.3 Å². The van der Waals surface area contributed by atoms with Crippen LogP contribution >= 0.6 is 0 Å². The summed E-state index contributed by atoms with van der Waals surface area (Å²) in [6.07, 6.45) is -4.91. The Morgan fingerprint density at radius 1 is 1.21 bits per heavy atom. The normalized spacial score (nSPS) is 18.4. The lowest BCUT2D eigenvalue weighted by Crippen LogP contribution is -2.36. The van der Waals surface area contributed by atoms with Crippen molar-refractivity contribution in [2.75, 3.05) is 13.1 Å². The monoisotopic (exact) mass is 347 g/mol. The average molecular weight is 347 g/mol. The Morgan fingerprint density at radius 2 is 1.88 bits per heavy atom. The Kier molecular flexibility index (Phi) is 5.15. The van der Waals surface area contributed by atoms with Gasteiger partial charge in [-0.05, 0) is 32.9 Å². The summed E-state index contributed by atoms with van der Waals surface area (Å²) in [5.74, 6) is -0.0882. The molecule has 1 aromatic carbocycles. The molecule has 0 saturated carbocycles. The molecule has 1 fully saturated rings. The first-order valence-electron chi connectivity index (χ1n) is 7.52. The molecule has 1 aromatic rings. The van der Waals surface area contributed by atoms with E-state index in [1.54, 1.807) is 26.8 Å². The smallest absolute Gasteiger partial charge is 0.488 e. The first-order chi connectivity index (χ1) is 11.0. The molecule has 5 nitrogen and oxygen atoms in total. The molecule has 0 bridgehead atoms. The topological polar surface area (TPSA) is 48.0 Å². The van der Waals surface area contributed by atoms with Gasteiger partial charge in [-0.3, -0.25) is 0 Å². The van der Waals surface area contributed by atoms with Crippen LogP contribution in [0.3, 0.4) is 0 Å². The van der Waals surface area contributed by atoms with E-state index in [4.69, 9.17) is 9.47 Å². The van der Waals surface area contributed by atoms with Gasteiger partial charge in [0.15, 0.2) is 0 Å². The van der Waals surface area contributed by atoms with Crippen molar-refractivity contribution in [2.45, 2.75) is 45.3 Å². The fourth-order valence-corrected chi connectivity index (χ4v) is 2.25. The molecule has 1 heterocycles. The van der Waals surface area contributed by atoms with Crippen molar-refractivity contribution in [1.82, 2.24) is 4.90 Å². The molecule has 0 aromatic heterocycles. The lowest BCUT2D eigenvalue weighted by molar-refractivity contribution is -0.274. The van der Waals surface area contributed by atoms with Crippen molar-refractivity contribution in [3.05, 3.63) is 24.3 Å². The van der Waals surface area contributed by atoms with Crippen LogP contribution in [0, 0.1) is 0 Å². The third kappa shape index (κ3) is 5.82. The van der Waals surface area contributed by atoms with Crippen molar-refractivity contribution in [3.63, 3.8) is 0 Å². The summed E-state index contributed by atoms with van der Waals surface area (Å²) >= 11 is 0. The van der Waals surface area contributed by atoms with Gasteiger partial charge in [-0.25, -0.2) is 4.79 Å². The van der Waals surface area contributed by atoms with E-state index in [0.717, 1.165) is 0 Å². The second-order valence-corrected chi connectivity index (χ2v) is 6.48. The predicted molar refractivity (Wildman–Crippen MR) is 80.0 cm³/mol. The lowest BCUT2D eigenvalue weighted by atomic mass is 10.2. The number of ether oxygens (including phenoxy) is 3. The van der Waals surface area contributed by atoms with E-state index in [2.05, 4.69) is 4.74 Å². The largest absolute Gasteiger partial charge is 0.573 e. The number of alkyl halides is 3. The van der Waals surface area contributed by atoms with Gasteiger partial charge >= 0.3 is 12.5 Å². The molecule has 0 unspecified atom stereocenters. The molecular weight excluding hydrogens is 327 g/mol. The van der Waals surface area contributed by atoms with E-state index >= 15 is 0 Å². The van der Waals surface area contributed by atoms with E-state index in [0.29, 0.717) is 19.5 Å². The van der Waals surface area contributed by atoms with E-state index in [1.165, 1.54) is 23.1 Å². The van der Waals surface area contributed by atoms with Gasteiger partial charge in [-0.2, -0.15) is 0 Å². The van der Waals surface area contributed by atoms with Gasteiger partial charge in [0, 0.05) is 19.0 Å². The number of halogens is 3. The van der Waals surface area contributed by atoms with Gasteiger partial charge in [0.25, 0.3) is 0 Å².